The van der Waals surface area contributed by atoms with Gasteiger partial charge in [-0.1, -0.05) is 18.2 Å². The summed E-state index contributed by atoms with van der Waals surface area (Å²) in [5.41, 5.74) is 0.646. The zero-order valence-electron chi connectivity index (χ0n) is 14.1. The molecule has 0 atom stereocenters. The molecule has 2 aromatic rings. The van der Waals surface area contributed by atoms with Crippen LogP contribution in [0.4, 0.5) is 0 Å². The molecule has 1 aliphatic heterocycles. The van der Waals surface area contributed by atoms with Crippen molar-refractivity contribution in [1.29, 1.82) is 0 Å². The number of carbonyl (C=O) groups is 2. The lowest BCUT2D eigenvalue weighted by Gasteiger charge is -2.15. The average molecular weight is 375 g/mol. The summed E-state index contributed by atoms with van der Waals surface area (Å²) < 4.78 is 0. The normalized spacial score (nSPS) is 13.8. The molecule has 0 saturated carbocycles. The zero-order chi connectivity index (χ0) is 17.5. The summed E-state index contributed by atoms with van der Waals surface area (Å²) in [6.45, 7) is 2.35. The Morgan fingerprint density at radius 2 is 1.92 bits per heavy atom. The molecule has 4 nitrogen and oxygen atoms in total. The Morgan fingerprint density at radius 3 is 2.68 bits per heavy atom. The van der Waals surface area contributed by atoms with Crippen molar-refractivity contribution in [2.24, 2.45) is 0 Å². The second-order valence-corrected chi connectivity index (χ2v) is 8.01. The molecule has 6 heteroatoms. The van der Waals surface area contributed by atoms with Crippen LogP contribution in [0.15, 0.2) is 46.7 Å². The van der Waals surface area contributed by atoms with E-state index >= 15 is 0 Å². The van der Waals surface area contributed by atoms with Crippen molar-refractivity contribution < 1.29 is 9.59 Å². The topological polar surface area (TPSA) is 49.4 Å². The van der Waals surface area contributed by atoms with E-state index in [-0.39, 0.29) is 11.8 Å². The molecule has 1 aromatic carbocycles. The highest BCUT2D eigenvalue weighted by Crippen LogP contribution is 2.23. The molecule has 1 aromatic heterocycles. The van der Waals surface area contributed by atoms with Gasteiger partial charge < -0.3 is 10.2 Å². The number of hydrogen-bond donors (Lipinski definition) is 1. The molecule has 2 amide bonds. The fourth-order valence-corrected chi connectivity index (χ4v) is 4.49. The van der Waals surface area contributed by atoms with Gasteiger partial charge >= 0.3 is 0 Å². The maximum absolute atomic E-state index is 12.5. The number of thioether (sulfide) groups is 1. The first kappa shape index (κ1) is 18.0. The van der Waals surface area contributed by atoms with Gasteiger partial charge in [-0.25, -0.2) is 0 Å². The molecule has 132 valence electrons. The Balaban J connectivity index is 1.54. The first-order valence-electron chi connectivity index (χ1n) is 8.54. The number of benzene rings is 1. The number of amides is 2. The van der Waals surface area contributed by atoms with Crippen LogP contribution >= 0.6 is 23.1 Å². The molecule has 0 aliphatic carbocycles. The molecule has 3 rings (SSSR count). The van der Waals surface area contributed by atoms with Gasteiger partial charge in [0.2, 0.25) is 5.91 Å². The van der Waals surface area contributed by atoms with Crippen molar-refractivity contribution in [2.45, 2.75) is 24.2 Å². The lowest BCUT2D eigenvalue weighted by Crippen LogP contribution is -2.29. The molecular formula is C19H22N2O2S2. The van der Waals surface area contributed by atoms with Crippen LogP contribution in [-0.4, -0.2) is 42.1 Å². The molecule has 1 N–H and O–H groups in total. The molecule has 0 unspecified atom stereocenters. The van der Waals surface area contributed by atoms with E-state index in [1.165, 1.54) is 16.6 Å². The molecule has 1 fully saturated rings. The zero-order valence-corrected chi connectivity index (χ0v) is 15.7. The average Bonchev–Trinajstić information content (AvgIpc) is 3.33. The molecule has 0 bridgehead atoms. The highest BCUT2D eigenvalue weighted by Gasteiger charge is 2.19. The Kier molecular flexibility index (Phi) is 6.53. The van der Waals surface area contributed by atoms with Crippen LogP contribution in [0.3, 0.4) is 0 Å². The van der Waals surface area contributed by atoms with E-state index in [0.717, 1.165) is 37.2 Å². The van der Waals surface area contributed by atoms with E-state index in [9.17, 15) is 9.59 Å². The minimum atomic E-state index is -0.0757. The molecule has 0 radical (unpaired) electrons. The van der Waals surface area contributed by atoms with E-state index < -0.39 is 0 Å². The van der Waals surface area contributed by atoms with Gasteiger partial charge in [-0.2, -0.15) is 0 Å². The number of nitrogens with zero attached hydrogens (tertiary/aromatic N) is 1. The van der Waals surface area contributed by atoms with Crippen LogP contribution in [-0.2, 0) is 11.2 Å². The van der Waals surface area contributed by atoms with Gasteiger partial charge in [-0.05, 0) is 42.8 Å². The predicted molar refractivity (Wildman–Crippen MR) is 103 cm³/mol. The molecule has 1 saturated heterocycles. The van der Waals surface area contributed by atoms with Gasteiger partial charge in [0.15, 0.2) is 0 Å². The molecular weight excluding hydrogens is 352 g/mol. The van der Waals surface area contributed by atoms with Crippen LogP contribution in [0, 0.1) is 0 Å². The van der Waals surface area contributed by atoms with Crippen molar-refractivity contribution in [3.63, 3.8) is 0 Å². The van der Waals surface area contributed by atoms with Crippen LogP contribution in [0.2, 0.25) is 0 Å². The summed E-state index contributed by atoms with van der Waals surface area (Å²) in [5.74, 6) is 0.475. The predicted octanol–water partition coefficient (Wildman–Crippen LogP) is 3.44. The first-order chi connectivity index (χ1) is 12.2. The lowest BCUT2D eigenvalue weighted by molar-refractivity contribution is -0.127. The van der Waals surface area contributed by atoms with Crippen LogP contribution in [0.25, 0.3) is 0 Å². The van der Waals surface area contributed by atoms with Crippen molar-refractivity contribution in [3.8, 4) is 0 Å². The molecule has 2 heterocycles. The van der Waals surface area contributed by atoms with Gasteiger partial charge in [0.1, 0.15) is 0 Å². The van der Waals surface area contributed by atoms with E-state index in [1.54, 1.807) is 11.3 Å². The minimum Gasteiger partial charge on any atom is -0.352 e. The highest BCUT2D eigenvalue weighted by atomic mass is 32.2. The second kappa shape index (κ2) is 9.06. The van der Waals surface area contributed by atoms with Crippen molar-refractivity contribution >= 4 is 34.9 Å². The smallest absolute Gasteiger partial charge is 0.252 e. The van der Waals surface area contributed by atoms with E-state index in [2.05, 4.69) is 11.4 Å². The first-order valence-corrected chi connectivity index (χ1v) is 10.4. The van der Waals surface area contributed by atoms with Crippen molar-refractivity contribution in [2.75, 3.05) is 25.4 Å². The Morgan fingerprint density at radius 1 is 1.12 bits per heavy atom. The number of carbonyl (C=O) groups excluding carboxylic acids is 2. The summed E-state index contributed by atoms with van der Waals surface area (Å²) in [5, 5.41) is 5.02. The third-order valence-corrected chi connectivity index (χ3v) is 6.17. The number of likely N-dealkylation sites (tertiary alicyclic amines) is 1. The molecule has 25 heavy (non-hydrogen) atoms. The summed E-state index contributed by atoms with van der Waals surface area (Å²) in [6, 6.07) is 11.6. The fourth-order valence-electron chi connectivity index (χ4n) is 2.83. The number of nitrogens with one attached hydrogen (secondary N) is 1. The fraction of sp³-hybridized carbons (Fsp3) is 0.368. The van der Waals surface area contributed by atoms with Gasteiger partial charge in [0, 0.05) is 29.4 Å². The quantitative estimate of drug-likeness (QED) is 0.756. The van der Waals surface area contributed by atoms with Crippen molar-refractivity contribution in [1.82, 2.24) is 10.2 Å². The van der Waals surface area contributed by atoms with Gasteiger partial charge in [-0.15, -0.1) is 23.1 Å². The summed E-state index contributed by atoms with van der Waals surface area (Å²) in [6.07, 6.45) is 3.03. The summed E-state index contributed by atoms with van der Waals surface area (Å²) in [4.78, 5) is 28.7. The van der Waals surface area contributed by atoms with E-state index in [0.29, 0.717) is 17.9 Å². The Bertz CT molecular complexity index is 710. The van der Waals surface area contributed by atoms with Crippen LogP contribution in [0.5, 0.6) is 0 Å². The van der Waals surface area contributed by atoms with E-state index in [1.807, 2.05) is 40.6 Å². The third-order valence-electron chi connectivity index (χ3n) is 4.18. The number of hydrogen-bond acceptors (Lipinski definition) is 4. The molecule has 0 spiro atoms. The van der Waals surface area contributed by atoms with Crippen LogP contribution < -0.4 is 5.32 Å². The molecule has 1 aliphatic rings. The third kappa shape index (κ3) is 5.09. The largest absolute Gasteiger partial charge is 0.352 e. The standard InChI is InChI=1S/C19H22N2O2S2/c22-18(21-11-3-4-12-21)14-25-17-8-2-1-7-16(17)19(23)20-10-9-15-6-5-13-24-15/h1-2,5-8,13H,3-4,9-12,14H2,(H,20,23). The van der Waals surface area contributed by atoms with Crippen molar-refractivity contribution in [3.05, 3.63) is 52.2 Å². The summed E-state index contributed by atoms with van der Waals surface area (Å²) in [7, 11) is 0. The lowest BCUT2D eigenvalue weighted by atomic mass is 10.2. The maximum atomic E-state index is 12.5. The Hall–Kier alpha value is -1.79. The minimum absolute atomic E-state index is 0.0757. The highest BCUT2D eigenvalue weighted by molar-refractivity contribution is 8.00. The van der Waals surface area contributed by atoms with E-state index in [4.69, 9.17) is 0 Å². The number of rotatable bonds is 7. The van der Waals surface area contributed by atoms with Gasteiger partial charge in [0.05, 0.1) is 11.3 Å². The van der Waals surface area contributed by atoms with Gasteiger partial charge in [0.25, 0.3) is 5.91 Å². The maximum Gasteiger partial charge on any atom is 0.252 e. The number of thiophene rings is 1. The second-order valence-electron chi connectivity index (χ2n) is 5.96. The van der Waals surface area contributed by atoms with Gasteiger partial charge in [-0.3, -0.25) is 9.59 Å². The Labute approximate surface area is 156 Å². The SMILES string of the molecule is O=C(NCCc1cccs1)c1ccccc1SCC(=O)N1CCCC1. The van der Waals surface area contributed by atoms with Crippen LogP contribution in [0.1, 0.15) is 28.1 Å². The summed E-state index contributed by atoms with van der Waals surface area (Å²) >= 11 is 3.15. The monoisotopic (exact) mass is 374 g/mol.